The second-order valence-electron chi connectivity index (χ2n) is 7.82. The summed E-state index contributed by atoms with van der Waals surface area (Å²) in [6.07, 6.45) is 0. The fraction of sp³-hybridized carbons (Fsp3) is 0.318. The summed E-state index contributed by atoms with van der Waals surface area (Å²) in [7, 11) is -0.937. The van der Waals surface area contributed by atoms with E-state index in [0.717, 1.165) is 9.87 Å². The third kappa shape index (κ3) is 6.14. The second-order valence-corrected chi connectivity index (χ2v) is 9.97. The zero-order valence-electron chi connectivity index (χ0n) is 18.7. The van der Waals surface area contributed by atoms with E-state index < -0.39 is 33.8 Å². The Morgan fingerprint density at radius 2 is 1.50 bits per heavy atom. The molecule has 32 heavy (non-hydrogen) atoms. The van der Waals surface area contributed by atoms with E-state index in [-0.39, 0.29) is 16.4 Å². The molecule has 0 fully saturated rings. The summed E-state index contributed by atoms with van der Waals surface area (Å²) in [5, 5.41) is 2.67. The van der Waals surface area contributed by atoms with Gasteiger partial charge in [-0.2, -0.15) is 0 Å². The van der Waals surface area contributed by atoms with Crippen molar-refractivity contribution in [3.8, 4) is 0 Å². The topological polar surface area (TPSA) is 125 Å². The predicted molar refractivity (Wildman–Crippen MR) is 120 cm³/mol. The maximum atomic E-state index is 12.6. The number of hydrazine groups is 1. The van der Waals surface area contributed by atoms with Gasteiger partial charge < -0.3 is 5.32 Å². The maximum Gasteiger partial charge on any atom is 0.269 e. The van der Waals surface area contributed by atoms with Gasteiger partial charge in [-0.05, 0) is 43.2 Å². The monoisotopic (exact) mass is 460 g/mol. The van der Waals surface area contributed by atoms with Gasteiger partial charge in [0.25, 0.3) is 17.7 Å². The van der Waals surface area contributed by atoms with Gasteiger partial charge in [-0.15, -0.1) is 0 Å². The first kappa shape index (κ1) is 25.0. The van der Waals surface area contributed by atoms with Crippen LogP contribution < -0.4 is 16.2 Å². The fourth-order valence-corrected chi connectivity index (χ4v) is 3.69. The van der Waals surface area contributed by atoms with Crippen molar-refractivity contribution in [1.29, 1.82) is 0 Å². The average Bonchev–Trinajstić information content (AvgIpc) is 2.75. The Hall–Kier alpha value is -3.24. The molecule has 0 heterocycles. The minimum absolute atomic E-state index is 0.0492. The Balaban J connectivity index is 2.06. The molecule has 0 aliphatic rings. The number of nitrogens with zero attached hydrogens (tertiary/aromatic N) is 1. The molecule has 10 heteroatoms. The molecule has 0 radical (unpaired) electrons. The number of carbonyl (C=O) groups is 3. The van der Waals surface area contributed by atoms with Crippen LogP contribution in [0.1, 0.15) is 40.1 Å². The van der Waals surface area contributed by atoms with Gasteiger partial charge in [0.05, 0.1) is 4.90 Å². The maximum absolute atomic E-state index is 12.6. The van der Waals surface area contributed by atoms with Crippen LogP contribution in [0.5, 0.6) is 0 Å². The molecule has 2 rings (SSSR count). The highest BCUT2D eigenvalue weighted by molar-refractivity contribution is 7.89. The molecule has 0 spiro atoms. The summed E-state index contributed by atoms with van der Waals surface area (Å²) in [5.74, 6) is -1.96. The molecule has 0 aliphatic heterocycles. The lowest BCUT2D eigenvalue weighted by Gasteiger charge is -2.22. The summed E-state index contributed by atoms with van der Waals surface area (Å²) < 4.78 is 25.6. The molecule has 3 amide bonds. The lowest BCUT2D eigenvalue weighted by Crippen LogP contribution is -2.54. The molecule has 3 N–H and O–H groups in total. The number of amides is 3. The summed E-state index contributed by atoms with van der Waals surface area (Å²) >= 11 is 0. The van der Waals surface area contributed by atoms with Crippen LogP contribution in [0.15, 0.2) is 53.4 Å². The van der Waals surface area contributed by atoms with Crippen LogP contribution in [-0.2, 0) is 14.8 Å². The van der Waals surface area contributed by atoms with Crippen molar-refractivity contribution in [2.45, 2.75) is 31.7 Å². The highest BCUT2D eigenvalue weighted by Crippen LogP contribution is 2.15. The van der Waals surface area contributed by atoms with Crippen LogP contribution in [0, 0.1) is 12.8 Å². The van der Waals surface area contributed by atoms with E-state index in [2.05, 4.69) is 16.2 Å². The van der Waals surface area contributed by atoms with Crippen molar-refractivity contribution >= 4 is 27.7 Å². The van der Waals surface area contributed by atoms with Gasteiger partial charge in [0.2, 0.25) is 10.0 Å². The van der Waals surface area contributed by atoms with Crippen molar-refractivity contribution in [2.24, 2.45) is 5.92 Å². The number of sulfonamides is 1. The van der Waals surface area contributed by atoms with Crippen LogP contribution in [0.2, 0.25) is 0 Å². The molecule has 0 aliphatic carbocycles. The highest BCUT2D eigenvalue weighted by atomic mass is 32.2. The third-order valence-electron chi connectivity index (χ3n) is 4.72. The SMILES string of the molecule is Cc1ccc(C(=O)N[C@H](C(=O)NNC(=O)c2cccc(S(=O)(=O)N(C)C)c2)C(C)C)cc1. The molecule has 9 nitrogen and oxygen atoms in total. The van der Waals surface area contributed by atoms with Crippen LogP contribution in [0.25, 0.3) is 0 Å². The number of benzene rings is 2. The third-order valence-corrected chi connectivity index (χ3v) is 6.53. The van der Waals surface area contributed by atoms with Crippen molar-refractivity contribution in [3.63, 3.8) is 0 Å². The molecular weight excluding hydrogens is 432 g/mol. The van der Waals surface area contributed by atoms with E-state index in [1.807, 2.05) is 6.92 Å². The lowest BCUT2D eigenvalue weighted by molar-refractivity contribution is -0.124. The first-order valence-corrected chi connectivity index (χ1v) is 11.4. The van der Waals surface area contributed by atoms with E-state index >= 15 is 0 Å². The molecule has 0 saturated heterocycles. The summed E-state index contributed by atoms with van der Waals surface area (Å²) in [4.78, 5) is 37.5. The van der Waals surface area contributed by atoms with Crippen molar-refractivity contribution < 1.29 is 22.8 Å². The summed E-state index contributed by atoms with van der Waals surface area (Å²) in [5.41, 5.74) is 6.03. The minimum atomic E-state index is -3.71. The summed E-state index contributed by atoms with van der Waals surface area (Å²) in [6.45, 7) is 5.43. The van der Waals surface area contributed by atoms with Crippen LogP contribution >= 0.6 is 0 Å². The molecule has 0 aromatic heterocycles. The standard InChI is InChI=1S/C22H28N4O5S/c1-14(2)19(23-20(27)16-11-9-15(3)10-12-16)22(29)25-24-21(28)17-7-6-8-18(13-17)32(30,31)26(4)5/h6-14,19H,1-5H3,(H,23,27)(H,24,28)(H,25,29)/t19-/m0/s1. The van der Waals surface area contributed by atoms with E-state index in [9.17, 15) is 22.8 Å². The van der Waals surface area contributed by atoms with E-state index in [4.69, 9.17) is 0 Å². The molecule has 0 bridgehead atoms. The zero-order valence-corrected chi connectivity index (χ0v) is 19.5. The highest BCUT2D eigenvalue weighted by Gasteiger charge is 2.25. The molecular formula is C22H28N4O5S. The smallest absolute Gasteiger partial charge is 0.269 e. The average molecular weight is 461 g/mol. The lowest BCUT2D eigenvalue weighted by atomic mass is 10.0. The van der Waals surface area contributed by atoms with Gasteiger partial charge in [0.1, 0.15) is 6.04 Å². The van der Waals surface area contributed by atoms with Gasteiger partial charge in [0.15, 0.2) is 0 Å². The van der Waals surface area contributed by atoms with Crippen molar-refractivity contribution in [1.82, 2.24) is 20.5 Å². The van der Waals surface area contributed by atoms with Crippen molar-refractivity contribution in [2.75, 3.05) is 14.1 Å². The number of hydrogen-bond acceptors (Lipinski definition) is 5. The number of rotatable bonds is 7. The van der Waals surface area contributed by atoms with Crippen LogP contribution in [-0.4, -0.2) is 50.6 Å². The van der Waals surface area contributed by atoms with E-state index in [1.165, 1.54) is 38.4 Å². The fourth-order valence-electron chi connectivity index (χ4n) is 2.74. The molecule has 1 atom stereocenters. The molecule has 0 unspecified atom stereocenters. The van der Waals surface area contributed by atoms with E-state index in [1.54, 1.807) is 38.1 Å². The number of hydrogen-bond donors (Lipinski definition) is 3. The first-order valence-electron chi connectivity index (χ1n) is 9.93. The normalized spacial score (nSPS) is 12.3. The Morgan fingerprint density at radius 3 is 2.06 bits per heavy atom. The Bertz CT molecular complexity index is 1100. The zero-order chi connectivity index (χ0) is 24.1. The number of nitrogens with one attached hydrogen (secondary N) is 3. The molecule has 2 aromatic carbocycles. The Labute approximate surface area is 188 Å². The van der Waals surface area contributed by atoms with Gasteiger partial charge >= 0.3 is 0 Å². The van der Waals surface area contributed by atoms with E-state index in [0.29, 0.717) is 5.56 Å². The summed E-state index contributed by atoms with van der Waals surface area (Å²) in [6, 6.07) is 11.5. The quantitative estimate of drug-likeness (QED) is 0.540. The number of aryl methyl sites for hydroxylation is 1. The van der Waals surface area contributed by atoms with Gasteiger partial charge in [0, 0.05) is 25.2 Å². The van der Waals surface area contributed by atoms with Gasteiger partial charge in [-0.1, -0.05) is 37.6 Å². The molecule has 172 valence electrons. The van der Waals surface area contributed by atoms with Gasteiger partial charge in [-0.3, -0.25) is 25.2 Å². The Kier molecular flexibility index (Phi) is 8.12. The Morgan fingerprint density at radius 1 is 0.875 bits per heavy atom. The second kappa shape index (κ2) is 10.4. The van der Waals surface area contributed by atoms with Crippen LogP contribution in [0.3, 0.4) is 0 Å². The molecule has 0 saturated carbocycles. The van der Waals surface area contributed by atoms with Crippen LogP contribution in [0.4, 0.5) is 0 Å². The first-order chi connectivity index (χ1) is 14.9. The minimum Gasteiger partial charge on any atom is -0.340 e. The van der Waals surface area contributed by atoms with Crippen molar-refractivity contribution in [3.05, 3.63) is 65.2 Å². The molecule has 2 aromatic rings. The largest absolute Gasteiger partial charge is 0.340 e. The predicted octanol–water partition coefficient (Wildman–Crippen LogP) is 1.46. The number of carbonyl (C=O) groups excluding carboxylic acids is 3. The van der Waals surface area contributed by atoms with Gasteiger partial charge in [-0.25, -0.2) is 12.7 Å².